The molecule has 2 N–H and O–H groups in total. The highest BCUT2D eigenvalue weighted by atomic mass is 19.1. The van der Waals surface area contributed by atoms with E-state index < -0.39 is 11.4 Å². The van der Waals surface area contributed by atoms with E-state index in [9.17, 15) is 14.3 Å². The van der Waals surface area contributed by atoms with Crippen molar-refractivity contribution >= 4 is 11.6 Å². The van der Waals surface area contributed by atoms with Crippen LogP contribution in [0.25, 0.3) is 0 Å². The van der Waals surface area contributed by atoms with Gasteiger partial charge in [-0.25, -0.2) is 4.39 Å². The molecule has 5 nitrogen and oxygen atoms in total. The maximum absolute atomic E-state index is 13.8. The average molecular weight is 386 g/mol. The quantitative estimate of drug-likeness (QED) is 0.799. The standard InChI is InChI=1S/C22H27FN2O3/c1-17-8-9-19(23)20(14-17)24-21(26)15-25-12-5-10-22(27,11-13-25)16-28-18-6-3-2-4-7-18/h2-4,6-9,14,27H,5,10-13,15-16H2,1H3,(H,24,26). The zero-order valence-corrected chi connectivity index (χ0v) is 16.2. The predicted octanol–water partition coefficient (Wildman–Crippen LogP) is 3.37. The molecule has 1 aliphatic heterocycles. The van der Waals surface area contributed by atoms with Crippen molar-refractivity contribution in [2.45, 2.75) is 31.8 Å². The monoisotopic (exact) mass is 386 g/mol. The van der Waals surface area contributed by atoms with Crippen LogP contribution in [0.15, 0.2) is 48.5 Å². The molecule has 3 rings (SSSR count). The molecule has 1 fully saturated rings. The third-order valence-corrected chi connectivity index (χ3v) is 5.02. The van der Waals surface area contributed by atoms with Crippen LogP contribution in [-0.2, 0) is 4.79 Å². The van der Waals surface area contributed by atoms with Crippen molar-refractivity contribution in [3.63, 3.8) is 0 Å². The number of likely N-dealkylation sites (tertiary alicyclic amines) is 1. The number of halogens is 1. The second kappa shape index (κ2) is 9.17. The maximum Gasteiger partial charge on any atom is 0.238 e. The van der Waals surface area contributed by atoms with Gasteiger partial charge in [0.15, 0.2) is 0 Å². The Morgan fingerprint density at radius 3 is 2.79 bits per heavy atom. The molecule has 0 spiro atoms. The number of nitrogens with zero attached hydrogens (tertiary/aromatic N) is 1. The smallest absolute Gasteiger partial charge is 0.238 e. The van der Waals surface area contributed by atoms with E-state index in [2.05, 4.69) is 5.32 Å². The van der Waals surface area contributed by atoms with Crippen LogP contribution in [-0.4, -0.2) is 47.8 Å². The Labute approximate surface area is 165 Å². The van der Waals surface area contributed by atoms with Crippen LogP contribution in [0.1, 0.15) is 24.8 Å². The molecule has 1 unspecified atom stereocenters. The molecule has 2 aromatic rings. The zero-order chi connectivity index (χ0) is 20.0. The van der Waals surface area contributed by atoms with Crippen molar-refractivity contribution in [1.82, 2.24) is 4.90 Å². The topological polar surface area (TPSA) is 61.8 Å². The Morgan fingerprint density at radius 1 is 1.21 bits per heavy atom. The molecule has 1 heterocycles. The number of carbonyl (C=O) groups excluding carboxylic acids is 1. The molecule has 0 bridgehead atoms. The fourth-order valence-corrected chi connectivity index (χ4v) is 3.40. The van der Waals surface area contributed by atoms with Gasteiger partial charge in [-0.1, -0.05) is 24.3 Å². The van der Waals surface area contributed by atoms with Gasteiger partial charge in [0.1, 0.15) is 18.2 Å². The molecule has 1 aliphatic rings. The molecule has 1 amide bonds. The van der Waals surface area contributed by atoms with E-state index in [0.717, 1.165) is 17.7 Å². The van der Waals surface area contributed by atoms with E-state index in [1.165, 1.54) is 6.07 Å². The van der Waals surface area contributed by atoms with Crippen LogP contribution in [0.4, 0.5) is 10.1 Å². The van der Waals surface area contributed by atoms with Crippen molar-refractivity contribution in [3.8, 4) is 5.75 Å². The Kier molecular flexibility index (Phi) is 6.65. The number of carbonyl (C=O) groups is 1. The summed E-state index contributed by atoms with van der Waals surface area (Å²) in [6, 6.07) is 14.1. The minimum Gasteiger partial charge on any atom is -0.491 e. The van der Waals surface area contributed by atoms with Crippen LogP contribution in [0.3, 0.4) is 0 Å². The average Bonchev–Trinajstić information content (AvgIpc) is 2.86. The first kappa shape index (κ1) is 20.3. The molecule has 1 saturated heterocycles. The summed E-state index contributed by atoms with van der Waals surface area (Å²) in [5.74, 6) is 0.0364. The maximum atomic E-state index is 13.8. The second-order valence-electron chi connectivity index (χ2n) is 7.49. The first-order valence-corrected chi connectivity index (χ1v) is 9.62. The summed E-state index contributed by atoms with van der Waals surface area (Å²) in [5.41, 5.74) is 0.173. The molecule has 1 atom stereocenters. The van der Waals surface area contributed by atoms with E-state index in [-0.39, 0.29) is 24.7 Å². The lowest BCUT2D eigenvalue weighted by Gasteiger charge is -2.27. The number of hydrogen-bond acceptors (Lipinski definition) is 4. The highest BCUT2D eigenvalue weighted by molar-refractivity contribution is 5.92. The molecule has 0 radical (unpaired) electrons. The number of aryl methyl sites for hydroxylation is 1. The minimum absolute atomic E-state index is 0.170. The van der Waals surface area contributed by atoms with Crippen LogP contribution in [0, 0.1) is 12.7 Å². The highest BCUT2D eigenvalue weighted by Gasteiger charge is 2.31. The third kappa shape index (κ3) is 5.78. The van der Waals surface area contributed by atoms with Crippen LogP contribution >= 0.6 is 0 Å². The van der Waals surface area contributed by atoms with Crippen molar-refractivity contribution in [2.75, 3.05) is 31.6 Å². The fraction of sp³-hybridized carbons (Fsp3) is 0.409. The lowest BCUT2D eigenvalue weighted by molar-refractivity contribution is -0.117. The molecule has 0 aliphatic carbocycles. The van der Waals surface area contributed by atoms with Crippen LogP contribution in [0.5, 0.6) is 5.75 Å². The summed E-state index contributed by atoms with van der Waals surface area (Å²) < 4.78 is 19.6. The van der Waals surface area contributed by atoms with Crippen molar-refractivity contribution < 1.29 is 19.0 Å². The van der Waals surface area contributed by atoms with Gasteiger partial charge in [0.05, 0.1) is 17.8 Å². The number of para-hydroxylation sites is 1. The van der Waals surface area contributed by atoms with E-state index >= 15 is 0 Å². The minimum atomic E-state index is -0.913. The highest BCUT2D eigenvalue weighted by Crippen LogP contribution is 2.24. The number of amides is 1. The van der Waals surface area contributed by atoms with Gasteiger partial charge in [0, 0.05) is 6.54 Å². The van der Waals surface area contributed by atoms with E-state index in [1.54, 1.807) is 12.1 Å². The largest absolute Gasteiger partial charge is 0.491 e. The molecular formula is C22H27FN2O3. The molecule has 150 valence electrons. The molecule has 2 aromatic carbocycles. The lowest BCUT2D eigenvalue weighted by Crippen LogP contribution is -2.38. The van der Waals surface area contributed by atoms with E-state index in [1.807, 2.05) is 42.2 Å². The molecular weight excluding hydrogens is 359 g/mol. The van der Waals surface area contributed by atoms with E-state index in [4.69, 9.17) is 4.74 Å². The van der Waals surface area contributed by atoms with Gasteiger partial charge in [-0.05, 0) is 62.6 Å². The van der Waals surface area contributed by atoms with Gasteiger partial charge in [-0.2, -0.15) is 0 Å². The van der Waals surface area contributed by atoms with Crippen LogP contribution < -0.4 is 10.1 Å². The molecule has 0 saturated carbocycles. The first-order valence-electron chi connectivity index (χ1n) is 9.62. The second-order valence-corrected chi connectivity index (χ2v) is 7.49. The number of ether oxygens (including phenoxy) is 1. The Balaban J connectivity index is 1.50. The van der Waals surface area contributed by atoms with Crippen molar-refractivity contribution in [2.24, 2.45) is 0 Å². The summed E-state index contributed by atoms with van der Waals surface area (Å²) in [6.45, 7) is 3.53. The zero-order valence-electron chi connectivity index (χ0n) is 16.2. The summed E-state index contributed by atoms with van der Waals surface area (Å²) in [6.07, 6.45) is 1.90. The fourth-order valence-electron chi connectivity index (χ4n) is 3.40. The lowest BCUT2D eigenvalue weighted by atomic mass is 9.96. The summed E-state index contributed by atoms with van der Waals surface area (Å²) in [7, 11) is 0. The number of benzene rings is 2. The summed E-state index contributed by atoms with van der Waals surface area (Å²) >= 11 is 0. The summed E-state index contributed by atoms with van der Waals surface area (Å²) in [5, 5.41) is 13.5. The molecule has 0 aromatic heterocycles. The van der Waals surface area contributed by atoms with Gasteiger partial charge in [-0.3, -0.25) is 9.69 Å². The number of rotatable bonds is 6. The van der Waals surface area contributed by atoms with Crippen molar-refractivity contribution in [1.29, 1.82) is 0 Å². The molecule has 6 heteroatoms. The third-order valence-electron chi connectivity index (χ3n) is 5.02. The summed E-state index contributed by atoms with van der Waals surface area (Å²) in [4.78, 5) is 14.3. The van der Waals surface area contributed by atoms with Gasteiger partial charge in [-0.15, -0.1) is 0 Å². The number of hydrogen-bond donors (Lipinski definition) is 2. The van der Waals surface area contributed by atoms with E-state index in [0.29, 0.717) is 25.9 Å². The van der Waals surface area contributed by atoms with Gasteiger partial charge in [0.2, 0.25) is 5.91 Å². The van der Waals surface area contributed by atoms with Gasteiger partial charge >= 0.3 is 0 Å². The van der Waals surface area contributed by atoms with Gasteiger partial charge < -0.3 is 15.2 Å². The van der Waals surface area contributed by atoms with Gasteiger partial charge in [0.25, 0.3) is 0 Å². The Hall–Kier alpha value is -2.44. The molecule has 28 heavy (non-hydrogen) atoms. The first-order chi connectivity index (χ1) is 13.4. The normalized spacial score (nSPS) is 20.4. The number of anilines is 1. The number of nitrogens with one attached hydrogen (secondary N) is 1. The SMILES string of the molecule is Cc1ccc(F)c(NC(=O)CN2CCCC(O)(COc3ccccc3)CC2)c1. The Bertz CT molecular complexity index is 800. The Morgan fingerprint density at radius 2 is 2.00 bits per heavy atom. The van der Waals surface area contributed by atoms with Crippen molar-refractivity contribution in [3.05, 3.63) is 59.9 Å². The number of aliphatic hydroxyl groups is 1. The predicted molar refractivity (Wildman–Crippen MR) is 107 cm³/mol. The van der Waals surface area contributed by atoms with Crippen LogP contribution in [0.2, 0.25) is 0 Å².